The topological polar surface area (TPSA) is 47.2 Å². The van der Waals surface area contributed by atoms with E-state index in [1.54, 1.807) is 16.9 Å². The maximum absolute atomic E-state index is 10.0. The second kappa shape index (κ2) is 2.45. The summed E-state index contributed by atoms with van der Waals surface area (Å²) < 4.78 is 1.71. The van der Waals surface area contributed by atoms with Gasteiger partial charge in [-0.2, -0.15) is 0 Å². The molecule has 0 fully saturated rings. The molecule has 4 nitrogen and oxygen atoms in total. The lowest BCUT2D eigenvalue weighted by atomic mass is 10.1. The van der Waals surface area contributed by atoms with Crippen LogP contribution in [0.15, 0.2) is 17.4 Å². The lowest BCUT2D eigenvalue weighted by Gasteiger charge is -2.18. The number of rotatable bonds is 1. The van der Waals surface area contributed by atoms with Gasteiger partial charge in [-0.05, 0) is 25.9 Å². The molecule has 1 aromatic rings. The third kappa shape index (κ3) is 1.63. The van der Waals surface area contributed by atoms with Gasteiger partial charge >= 0.3 is 0 Å². The van der Waals surface area contributed by atoms with Gasteiger partial charge in [0.25, 0.3) is 0 Å². The minimum Gasteiger partial charge on any atom is -0.265 e. The molecule has 1 rings (SSSR count). The fourth-order valence-electron chi connectivity index (χ4n) is 0.737. The Morgan fingerprint density at radius 2 is 2.18 bits per heavy atom. The van der Waals surface area contributed by atoms with Gasteiger partial charge in [0.05, 0.1) is 5.54 Å². The van der Waals surface area contributed by atoms with Gasteiger partial charge in [-0.15, -0.1) is 10.0 Å². The van der Waals surface area contributed by atoms with Crippen LogP contribution in [0.2, 0.25) is 0 Å². The molecule has 0 unspecified atom stereocenters. The highest BCUT2D eigenvalue weighted by molar-refractivity contribution is 5.23. The highest BCUT2D eigenvalue weighted by Gasteiger charge is 2.13. The maximum atomic E-state index is 10.0. The summed E-state index contributed by atoms with van der Waals surface area (Å²) in [6.07, 6.45) is 1.75. The van der Waals surface area contributed by atoms with Crippen LogP contribution in [0.4, 0.5) is 5.82 Å². The number of nitrogens with zero attached hydrogens (tertiary/aromatic N) is 3. The first-order chi connectivity index (χ1) is 5.04. The average Bonchev–Trinajstić information content (AvgIpc) is 2.32. The highest BCUT2D eigenvalue weighted by Crippen LogP contribution is 2.15. The van der Waals surface area contributed by atoms with Crippen molar-refractivity contribution < 1.29 is 0 Å². The van der Waals surface area contributed by atoms with Crippen molar-refractivity contribution >= 4 is 5.82 Å². The predicted molar refractivity (Wildman–Crippen MR) is 42.7 cm³/mol. The first-order valence-corrected chi connectivity index (χ1v) is 3.43. The summed E-state index contributed by atoms with van der Waals surface area (Å²) in [5, 5.41) is 6.66. The van der Waals surface area contributed by atoms with E-state index in [9.17, 15) is 4.91 Å². The van der Waals surface area contributed by atoms with E-state index in [4.69, 9.17) is 0 Å². The molecule has 1 heterocycles. The average molecular weight is 153 g/mol. The molecule has 0 aliphatic rings. The molecule has 0 aliphatic heterocycles. The zero-order chi connectivity index (χ0) is 8.48. The third-order valence-corrected chi connectivity index (χ3v) is 1.36. The van der Waals surface area contributed by atoms with Crippen molar-refractivity contribution in [1.29, 1.82) is 0 Å². The first-order valence-electron chi connectivity index (χ1n) is 3.43. The molecule has 0 bridgehead atoms. The van der Waals surface area contributed by atoms with Gasteiger partial charge in [-0.1, -0.05) is 0 Å². The van der Waals surface area contributed by atoms with Gasteiger partial charge in [-0.25, -0.2) is 0 Å². The zero-order valence-corrected chi connectivity index (χ0v) is 6.90. The Morgan fingerprint density at radius 1 is 1.55 bits per heavy atom. The normalized spacial score (nSPS) is 11.5. The van der Waals surface area contributed by atoms with Crippen LogP contribution < -0.4 is 0 Å². The number of hydrogen-bond donors (Lipinski definition) is 0. The Morgan fingerprint density at radius 3 is 2.45 bits per heavy atom. The molecule has 1 aromatic heterocycles. The second-order valence-corrected chi connectivity index (χ2v) is 3.38. The summed E-state index contributed by atoms with van der Waals surface area (Å²) >= 11 is 0. The van der Waals surface area contributed by atoms with Crippen molar-refractivity contribution in [3.05, 3.63) is 17.2 Å². The van der Waals surface area contributed by atoms with Gasteiger partial charge in [0.1, 0.15) is 0 Å². The minimum atomic E-state index is -0.0804. The largest absolute Gasteiger partial charge is 0.265 e. The van der Waals surface area contributed by atoms with Gasteiger partial charge in [0.15, 0.2) is 0 Å². The molecule has 4 heteroatoms. The molecule has 0 aliphatic carbocycles. The Balaban J connectivity index is 2.98. The lowest BCUT2D eigenvalue weighted by molar-refractivity contribution is 0.356. The van der Waals surface area contributed by atoms with Crippen molar-refractivity contribution in [2.75, 3.05) is 0 Å². The van der Waals surface area contributed by atoms with Crippen LogP contribution in [0.25, 0.3) is 0 Å². The molecule has 0 radical (unpaired) electrons. The Labute approximate surface area is 65.2 Å². The van der Waals surface area contributed by atoms with E-state index >= 15 is 0 Å². The van der Waals surface area contributed by atoms with E-state index < -0.39 is 0 Å². The van der Waals surface area contributed by atoms with Crippen LogP contribution in [0.3, 0.4) is 0 Å². The molecule has 0 atom stereocenters. The van der Waals surface area contributed by atoms with Crippen molar-refractivity contribution in [2.24, 2.45) is 5.18 Å². The van der Waals surface area contributed by atoms with Crippen LogP contribution in [-0.2, 0) is 5.54 Å². The fraction of sp³-hybridized carbons (Fsp3) is 0.571. The summed E-state index contributed by atoms with van der Waals surface area (Å²) in [6.45, 7) is 6.03. The fourth-order valence-corrected chi connectivity index (χ4v) is 0.737. The quantitative estimate of drug-likeness (QED) is 0.579. The minimum absolute atomic E-state index is 0.0804. The summed E-state index contributed by atoms with van der Waals surface area (Å²) in [5.74, 6) is 0.236. The van der Waals surface area contributed by atoms with Crippen molar-refractivity contribution in [3.63, 3.8) is 0 Å². The first kappa shape index (κ1) is 7.91. The van der Waals surface area contributed by atoms with Gasteiger partial charge in [-0.3, -0.25) is 4.68 Å². The zero-order valence-electron chi connectivity index (χ0n) is 6.90. The van der Waals surface area contributed by atoms with E-state index in [0.29, 0.717) is 0 Å². The monoisotopic (exact) mass is 153 g/mol. The number of nitroso groups, excluding NO2 is 1. The molecule has 0 spiro atoms. The van der Waals surface area contributed by atoms with Crippen LogP contribution in [-0.4, -0.2) is 9.78 Å². The van der Waals surface area contributed by atoms with Gasteiger partial charge in [0.2, 0.25) is 5.82 Å². The summed E-state index contributed by atoms with van der Waals surface area (Å²) in [5.41, 5.74) is -0.0804. The van der Waals surface area contributed by atoms with Crippen LogP contribution >= 0.6 is 0 Å². The Kier molecular flexibility index (Phi) is 1.76. The summed E-state index contributed by atoms with van der Waals surface area (Å²) in [4.78, 5) is 10.0. The number of aromatic nitrogens is 2. The molecule has 0 aromatic carbocycles. The highest BCUT2D eigenvalue weighted by atomic mass is 16.3. The molecule has 0 N–H and O–H groups in total. The van der Waals surface area contributed by atoms with E-state index in [2.05, 4.69) is 10.3 Å². The molecule has 0 amide bonds. The summed E-state index contributed by atoms with van der Waals surface area (Å²) in [6, 6.07) is 1.60. The van der Waals surface area contributed by atoms with Crippen molar-refractivity contribution in [2.45, 2.75) is 26.3 Å². The Bertz CT molecular complexity index is 259. The Hall–Kier alpha value is -1.19. The van der Waals surface area contributed by atoms with Gasteiger partial charge in [0, 0.05) is 12.3 Å². The molecular formula is C7H11N3O. The number of hydrogen-bond acceptors (Lipinski definition) is 3. The van der Waals surface area contributed by atoms with Crippen LogP contribution in [0.1, 0.15) is 20.8 Å². The van der Waals surface area contributed by atoms with Crippen molar-refractivity contribution in [1.82, 2.24) is 9.78 Å². The second-order valence-electron chi connectivity index (χ2n) is 3.38. The van der Waals surface area contributed by atoms with E-state index in [1.807, 2.05) is 20.8 Å². The van der Waals surface area contributed by atoms with Gasteiger partial charge < -0.3 is 0 Å². The van der Waals surface area contributed by atoms with E-state index in [0.717, 1.165) is 0 Å². The van der Waals surface area contributed by atoms with Crippen molar-refractivity contribution in [3.8, 4) is 0 Å². The predicted octanol–water partition coefficient (Wildman–Crippen LogP) is 2.04. The maximum Gasteiger partial charge on any atom is 0.217 e. The molecule has 0 saturated carbocycles. The molecule has 0 saturated heterocycles. The standard InChI is InChI=1S/C7H11N3O/c1-7(2,3)10-5-4-6(8-10)9-11/h4-5H,1-3H3. The van der Waals surface area contributed by atoms with Crippen LogP contribution in [0.5, 0.6) is 0 Å². The smallest absolute Gasteiger partial charge is 0.217 e. The molecule has 11 heavy (non-hydrogen) atoms. The molecular weight excluding hydrogens is 142 g/mol. The summed E-state index contributed by atoms with van der Waals surface area (Å²) in [7, 11) is 0. The lowest BCUT2D eigenvalue weighted by Crippen LogP contribution is -2.21. The SMILES string of the molecule is CC(C)(C)n1ccc(N=O)n1. The van der Waals surface area contributed by atoms with E-state index in [1.165, 1.54) is 0 Å². The third-order valence-electron chi connectivity index (χ3n) is 1.36. The van der Waals surface area contributed by atoms with E-state index in [-0.39, 0.29) is 11.4 Å². The molecule has 60 valence electrons. The van der Waals surface area contributed by atoms with Crippen LogP contribution in [0, 0.1) is 4.91 Å².